The molecular weight excluding hydrogens is 292 g/mol. The van der Waals surface area contributed by atoms with Crippen LogP contribution >= 0.6 is 11.6 Å². The zero-order chi connectivity index (χ0) is 15.0. The maximum absolute atomic E-state index is 11.9. The molecule has 3 N–H and O–H groups in total. The molecule has 1 fully saturated rings. The van der Waals surface area contributed by atoms with Gasteiger partial charge in [0.25, 0.3) is 5.89 Å². The van der Waals surface area contributed by atoms with Gasteiger partial charge in [0.05, 0.1) is 11.6 Å². The van der Waals surface area contributed by atoms with Gasteiger partial charge >= 0.3 is 0 Å². The lowest BCUT2D eigenvalue weighted by atomic mass is 10.2. The largest absolute Gasteiger partial charge is 0.345 e. The summed E-state index contributed by atoms with van der Waals surface area (Å²) in [7, 11) is 0. The Morgan fingerprint density at radius 2 is 2.10 bits per heavy atom. The molecule has 7 heteroatoms. The van der Waals surface area contributed by atoms with Gasteiger partial charge in [0.1, 0.15) is 0 Å². The minimum atomic E-state index is -0.711. The summed E-state index contributed by atoms with van der Waals surface area (Å²) in [5.41, 5.74) is 5.90. The van der Waals surface area contributed by atoms with Crippen molar-refractivity contribution >= 4 is 17.5 Å². The van der Waals surface area contributed by atoms with Crippen LogP contribution in [0.15, 0.2) is 28.8 Å². The molecule has 1 saturated carbocycles. The quantitative estimate of drug-likeness (QED) is 0.901. The number of carbonyl (C=O) groups excluding carboxylic acids is 1. The van der Waals surface area contributed by atoms with Crippen molar-refractivity contribution in [3.63, 3.8) is 0 Å². The summed E-state index contributed by atoms with van der Waals surface area (Å²) in [4.78, 5) is 16.2. The van der Waals surface area contributed by atoms with E-state index in [2.05, 4.69) is 15.5 Å². The Hall–Kier alpha value is -1.92. The Morgan fingerprint density at radius 3 is 2.71 bits per heavy atom. The number of amides is 1. The first kappa shape index (κ1) is 14.0. The molecule has 1 atom stereocenters. The van der Waals surface area contributed by atoms with E-state index in [0.29, 0.717) is 29.6 Å². The summed E-state index contributed by atoms with van der Waals surface area (Å²) in [6.07, 6.45) is 1.43. The van der Waals surface area contributed by atoms with Crippen molar-refractivity contribution in [3.8, 4) is 11.5 Å². The molecule has 6 nitrogen and oxygen atoms in total. The topological polar surface area (TPSA) is 94.0 Å². The molecule has 110 valence electrons. The Bertz CT molecular complexity index is 664. The van der Waals surface area contributed by atoms with Crippen LogP contribution in [0.3, 0.4) is 0 Å². The van der Waals surface area contributed by atoms with Crippen molar-refractivity contribution in [3.05, 3.63) is 35.1 Å². The molecule has 1 amide bonds. The third kappa shape index (κ3) is 2.91. The summed E-state index contributed by atoms with van der Waals surface area (Å²) in [6.45, 7) is 1.79. The van der Waals surface area contributed by atoms with E-state index < -0.39 is 5.54 Å². The van der Waals surface area contributed by atoms with E-state index in [4.69, 9.17) is 21.9 Å². The van der Waals surface area contributed by atoms with E-state index in [-0.39, 0.29) is 11.9 Å². The van der Waals surface area contributed by atoms with Gasteiger partial charge in [0.15, 0.2) is 5.82 Å². The lowest BCUT2D eigenvalue weighted by Crippen LogP contribution is -2.43. The van der Waals surface area contributed by atoms with Gasteiger partial charge in [-0.3, -0.25) is 4.79 Å². The highest BCUT2D eigenvalue weighted by molar-refractivity contribution is 6.30. The van der Waals surface area contributed by atoms with Crippen molar-refractivity contribution in [2.75, 3.05) is 0 Å². The number of hydrogen-bond donors (Lipinski definition) is 2. The summed E-state index contributed by atoms with van der Waals surface area (Å²) >= 11 is 5.83. The number of hydrogen-bond acceptors (Lipinski definition) is 5. The molecular formula is C14H15ClN4O2. The Kier molecular flexibility index (Phi) is 3.43. The molecule has 0 spiro atoms. The van der Waals surface area contributed by atoms with E-state index in [1.54, 1.807) is 31.2 Å². The van der Waals surface area contributed by atoms with Crippen LogP contribution in [0, 0.1) is 0 Å². The first-order valence-electron chi connectivity index (χ1n) is 6.67. The molecule has 2 aromatic rings. The van der Waals surface area contributed by atoms with Crippen molar-refractivity contribution < 1.29 is 9.32 Å². The van der Waals surface area contributed by atoms with Crippen LogP contribution < -0.4 is 11.1 Å². The van der Waals surface area contributed by atoms with E-state index in [9.17, 15) is 4.79 Å². The lowest BCUT2D eigenvalue weighted by molar-refractivity contribution is -0.123. The molecule has 1 aliphatic rings. The number of rotatable bonds is 4. The average Bonchev–Trinajstić information content (AvgIpc) is 3.03. The number of halogens is 1. The molecule has 0 aliphatic heterocycles. The first-order chi connectivity index (χ1) is 9.98. The van der Waals surface area contributed by atoms with Gasteiger partial charge in [-0.15, -0.1) is 0 Å². The molecule has 1 aromatic carbocycles. The molecule has 1 heterocycles. The summed E-state index contributed by atoms with van der Waals surface area (Å²) in [6, 6.07) is 6.72. The predicted molar refractivity (Wildman–Crippen MR) is 77.5 cm³/mol. The average molecular weight is 307 g/mol. The highest BCUT2D eigenvalue weighted by Gasteiger charge is 2.46. The fraction of sp³-hybridized carbons (Fsp3) is 0.357. The fourth-order valence-corrected chi connectivity index (χ4v) is 2.01. The minimum Gasteiger partial charge on any atom is -0.345 e. The van der Waals surface area contributed by atoms with Gasteiger partial charge in [0.2, 0.25) is 5.91 Å². The number of benzene rings is 1. The Labute approximate surface area is 126 Å². The van der Waals surface area contributed by atoms with E-state index in [1.165, 1.54) is 0 Å². The van der Waals surface area contributed by atoms with Crippen molar-refractivity contribution in [1.82, 2.24) is 15.5 Å². The van der Waals surface area contributed by atoms with Gasteiger partial charge in [0, 0.05) is 10.6 Å². The highest BCUT2D eigenvalue weighted by Crippen LogP contribution is 2.32. The van der Waals surface area contributed by atoms with E-state index in [1.807, 2.05) is 0 Å². The van der Waals surface area contributed by atoms with Crippen LogP contribution in [-0.4, -0.2) is 21.6 Å². The number of nitrogens with one attached hydrogen (secondary N) is 1. The van der Waals surface area contributed by atoms with Crippen LogP contribution in [0.2, 0.25) is 5.02 Å². The maximum Gasteiger partial charge on any atom is 0.257 e. The second-order valence-electron chi connectivity index (χ2n) is 5.32. The molecule has 3 rings (SSSR count). The first-order valence-corrected chi connectivity index (χ1v) is 7.05. The van der Waals surface area contributed by atoms with E-state index in [0.717, 1.165) is 5.56 Å². The van der Waals surface area contributed by atoms with Gasteiger partial charge < -0.3 is 15.6 Å². The monoisotopic (exact) mass is 306 g/mol. The third-order valence-electron chi connectivity index (χ3n) is 3.51. The molecule has 1 unspecified atom stereocenters. The SMILES string of the molecule is CC(NC(=O)C1(N)CC1)c1noc(-c2ccc(Cl)cc2)n1. The molecule has 1 aromatic heterocycles. The van der Waals surface area contributed by atoms with Gasteiger partial charge in [-0.25, -0.2) is 0 Å². The van der Waals surface area contributed by atoms with Crippen LogP contribution in [0.25, 0.3) is 11.5 Å². The number of carbonyl (C=O) groups is 1. The Balaban J connectivity index is 1.72. The molecule has 0 saturated heterocycles. The summed E-state index contributed by atoms with van der Waals surface area (Å²) < 4.78 is 5.21. The van der Waals surface area contributed by atoms with Crippen LogP contribution in [0.1, 0.15) is 31.6 Å². The third-order valence-corrected chi connectivity index (χ3v) is 3.76. The van der Waals surface area contributed by atoms with Gasteiger partial charge in [-0.05, 0) is 44.0 Å². The van der Waals surface area contributed by atoms with Crippen molar-refractivity contribution in [1.29, 1.82) is 0 Å². The van der Waals surface area contributed by atoms with Crippen LogP contribution in [-0.2, 0) is 4.79 Å². The standard InChI is InChI=1S/C14H15ClN4O2/c1-8(17-13(20)14(16)6-7-14)11-18-12(21-19-11)9-2-4-10(15)5-3-9/h2-5,8H,6-7,16H2,1H3,(H,17,20). The lowest BCUT2D eigenvalue weighted by Gasteiger charge is -2.13. The van der Waals surface area contributed by atoms with Crippen molar-refractivity contribution in [2.24, 2.45) is 5.73 Å². The second kappa shape index (κ2) is 5.13. The van der Waals surface area contributed by atoms with Crippen LogP contribution in [0.5, 0.6) is 0 Å². The number of aromatic nitrogens is 2. The molecule has 21 heavy (non-hydrogen) atoms. The maximum atomic E-state index is 11.9. The summed E-state index contributed by atoms with van der Waals surface area (Å²) in [5.74, 6) is 0.627. The molecule has 1 aliphatic carbocycles. The smallest absolute Gasteiger partial charge is 0.257 e. The predicted octanol–water partition coefficient (Wildman–Crippen LogP) is 2.06. The van der Waals surface area contributed by atoms with E-state index >= 15 is 0 Å². The normalized spacial score (nSPS) is 17.3. The number of nitrogens with two attached hydrogens (primary N) is 1. The second-order valence-corrected chi connectivity index (χ2v) is 5.75. The number of nitrogens with zero attached hydrogens (tertiary/aromatic N) is 2. The minimum absolute atomic E-state index is 0.173. The zero-order valence-electron chi connectivity index (χ0n) is 11.5. The molecule has 0 bridgehead atoms. The van der Waals surface area contributed by atoms with Gasteiger partial charge in [-0.2, -0.15) is 4.98 Å². The fourth-order valence-electron chi connectivity index (χ4n) is 1.89. The van der Waals surface area contributed by atoms with Crippen LogP contribution in [0.4, 0.5) is 0 Å². The van der Waals surface area contributed by atoms with Gasteiger partial charge in [-0.1, -0.05) is 16.8 Å². The molecule has 0 radical (unpaired) electrons. The van der Waals surface area contributed by atoms with Crippen molar-refractivity contribution in [2.45, 2.75) is 31.3 Å². The zero-order valence-corrected chi connectivity index (χ0v) is 12.2. The highest BCUT2D eigenvalue weighted by atomic mass is 35.5. The summed E-state index contributed by atoms with van der Waals surface area (Å²) in [5, 5.41) is 7.33. The Morgan fingerprint density at radius 1 is 1.43 bits per heavy atom.